The van der Waals surface area contributed by atoms with Crippen LogP contribution in [0.2, 0.25) is 0 Å². The van der Waals surface area contributed by atoms with E-state index in [1.807, 2.05) is 18.7 Å². The van der Waals surface area contributed by atoms with E-state index in [9.17, 15) is 14.7 Å². The fourth-order valence-electron chi connectivity index (χ4n) is 4.09. The van der Waals surface area contributed by atoms with Crippen molar-refractivity contribution in [2.45, 2.75) is 59.8 Å². The number of aliphatic carboxylic acids is 1. The molecule has 2 unspecified atom stereocenters. The van der Waals surface area contributed by atoms with Gasteiger partial charge in [-0.3, -0.25) is 9.59 Å². The van der Waals surface area contributed by atoms with E-state index in [1.165, 1.54) is 6.42 Å². The predicted molar refractivity (Wildman–Crippen MR) is 81.8 cm³/mol. The summed E-state index contributed by atoms with van der Waals surface area (Å²) in [7, 11) is 0. The normalized spacial score (nSPS) is 32.4. The highest BCUT2D eigenvalue weighted by atomic mass is 16.4. The minimum atomic E-state index is -0.755. The number of hydrogen-bond donors (Lipinski definition) is 1. The first-order valence-corrected chi connectivity index (χ1v) is 8.23. The number of rotatable bonds is 3. The standard InChI is InChI=1S/C17H29NO3/c1-12(2)17(15(20)21)9-10-18(11-17)14(19)13-7-5-6-8-16(13,3)4/h12-13H,5-11H2,1-4H3,(H,20,21). The van der Waals surface area contributed by atoms with Crippen LogP contribution in [0, 0.1) is 22.7 Å². The maximum absolute atomic E-state index is 12.9. The van der Waals surface area contributed by atoms with Crippen molar-refractivity contribution in [3.8, 4) is 0 Å². The molecule has 0 aromatic rings. The SMILES string of the molecule is CC(C)C1(C(=O)O)CCN(C(=O)C2CCCCC2(C)C)C1. The van der Waals surface area contributed by atoms with Gasteiger partial charge in [0, 0.05) is 19.0 Å². The molecule has 0 aromatic heterocycles. The van der Waals surface area contributed by atoms with Crippen molar-refractivity contribution in [3.63, 3.8) is 0 Å². The molecule has 1 aliphatic heterocycles. The number of nitrogens with zero attached hydrogens (tertiary/aromatic N) is 1. The van der Waals surface area contributed by atoms with E-state index in [2.05, 4.69) is 13.8 Å². The quantitative estimate of drug-likeness (QED) is 0.870. The number of carboxylic acids is 1. The Hall–Kier alpha value is -1.06. The van der Waals surface area contributed by atoms with Crippen LogP contribution >= 0.6 is 0 Å². The molecular formula is C17H29NO3. The molecule has 0 bridgehead atoms. The molecule has 1 saturated heterocycles. The maximum Gasteiger partial charge on any atom is 0.311 e. The Labute approximate surface area is 127 Å². The Bertz CT molecular complexity index is 430. The number of hydrogen-bond acceptors (Lipinski definition) is 2. The van der Waals surface area contributed by atoms with Gasteiger partial charge in [0.1, 0.15) is 0 Å². The summed E-state index contributed by atoms with van der Waals surface area (Å²) >= 11 is 0. The van der Waals surface area contributed by atoms with E-state index in [4.69, 9.17) is 0 Å². The van der Waals surface area contributed by atoms with Crippen LogP contribution in [0.15, 0.2) is 0 Å². The predicted octanol–water partition coefficient (Wildman–Crippen LogP) is 3.16. The van der Waals surface area contributed by atoms with E-state index >= 15 is 0 Å². The number of carbonyl (C=O) groups excluding carboxylic acids is 1. The summed E-state index contributed by atoms with van der Waals surface area (Å²) in [6.45, 7) is 9.23. The van der Waals surface area contributed by atoms with Crippen LogP contribution < -0.4 is 0 Å². The first kappa shape index (κ1) is 16.3. The van der Waals surface area contributed by atoms with Gasteiger partial charge >= 0.3 is 5.97 Å². The molecule has 0 aromatic carbocycles. The minimum Gasteiger partial charge on any atom is -0.481 e. The summed E-state index contributed by atoms with van der Waals surface area (Å²) in [4.78, 5) is 26.4. The van der Waals surface area contributed by atoms with Gasteiger partial charge in [0.2, 0.25) is 5.91 Å². The Morgan fingerprint density at radius 3 is 2.33 bits per heavy atom. The van der Waals surface area contributed by atoms with E-state index in [0.717, 1.165) is 19.3 Å². The third kappa shape index (κ3) is 2.82. The lowest BCUT2D eigenvalue weighted by molar-refractivity contribution is -0.151. The number of amides is 1. The van der Waals surface area contributed by atoms with Gasteiger partial charge in [0.25, 0.3) is 0 Å². The summed E-state index contributed by atoms with van der Waals surface area (Å²) in [6, 6.07) is 0. The molecule has 4 nitrogen and oxygen atoms in total. The lowest BCUT2D eigenvalue weighted by Crippen LogP contribution is -2.45. The fraction of sp³-hybridized carbons (Fsp3) is 0.882. The second-order valence-electron chi connectivity index (χ2n) is 7.91. The summed E-state index contributed by atoms with van der Waals surface area (Å²) < 4.78 is 0. The first-order valence-electron chi connectivity index (χ1n) is 8.23. The third-order valence-corrected chi connectivity index (χ3v) is 5.95. The maximum atomic E-state index is 12.9. The van der Waals surface area contributed by atoms with Gasteiger partial charge in [-0.25, -0.2) is 0 Å². The Morgan fingerprint density at radius 2 is 1.86 bits per heavy atom. The van der Waals surface area contributed by atoms with Crippen LogP contribution in [0.3, 0.4) is 0 Å². The molecule has 1 N–H and O–H groups in total. The van der Waals surface area contributed by atoms with Crippen LogP contribution in [0.4, 0.5) is 0 Å². The highest BCUT2D eigenvalue weighted by molar-refractivity contribution is 5.83. The van der Waals surface area contributed by atoms with E-state index in [-0.39, 0.29) is 23.2 Å². The number of likely N-dealkylation sites (tertiary alicyclic amines) is 1. The molecule has 2 aliphatic rings. The summed E-state index contributed by atoms with van der Waals surface area (Å²) in [5.41, 5.74) is -0.712. The van der Waals surface area contributed by atoms with Crippen molar-refractivity contribution in [3.05, 3.63) is 0 Å². The van der Waals surface area contributed by atoms with Gasteiger partial charge < -0.3 is 10.0 Å². The molecule has 1 amide bonds. The highest BCUT2D eigenvalue weighted by Crippen LogP contribution is 2.44. The van der Waals surface area contributed by atoms with Gasteiger partial charge in [-0.2, -0.15) is 0 Å². The zero-order valence-corrected chi connectivity index (χ0v) is 13.8. The van der Waals surface area contributed by atoms with E-state index < -0.39 is 11.4 Å². The molecule has 21 heavy (non-hydrogen) atoms. The van der Waals surface area contributed by atoms with Crippen LogP contribution in [0.1, 0.15) is 59.8 Å². The Balaban J connectivity index is 2.13. The lowest BCUT2D eigenvalue weighted by Gasteiger charge is -2.39. The van der Waals surface area contributed by atoms with Crippen LogP contribution in [0.25, 0.3) is 0 Å². The molecule has 0 radical (unpaired) electrons. The minimum absolute atomic E-state index is 0.0433. The Morgan fingerprint density at radius 1 is 1.19 bits per heavy atom. The molecular weight excluding hydrogens is 266 g/mol. The van der Waals surface area contributed by atoms with Crippen molar-refractivity contribution in [1.82, 2.24) is 4.90 Å². The monoisotopic (exact) mass is 295 g/mol. The molecule has 2 atom stereocenters. The molecule has 120 valence electrons. The number of carboxylic acid groups (broad SMARTS) is 1. The molecule has 4 heteroatoms. The van der Waals surface area contributed by atoms with Crippen molar-refractivity contribution >= 4 is 11.9 Å². The molecule has 2 fully saturated rings. The largest absolute Gasteiger partial charge is 0.481 e. The average Bonchev–Trinajstić information content (AvgIpc) is 2.84. The molecule has 1 heterocycles. The van der Waals surface area contributed by atoms with Crippen molar-refractivity contribution in [2.24, 2.45) is 22.7 Å². The fourth-order valence-corrected chi connectivity index (χ4v) is 4.09. The van der Waals surface area contributed by atoms with Gasteiger partial charge in [-0.1, -0.05) is 40.5 Å². The first-order chi connectivity index (χ1) is 9.70. The van der Waals surface area contributed by atoms with Crippen LogP contribution in [-0.4, -0.2) is 35.0 Å². The van der Waals surface area contributed by atoms with Gasteiger partial charge in [0.05, 0.1) is 5.41 Å². The summed E-state index contributed by atoms with van der Waals surface area (Å²) in [6.07, 6.45) is 4.93. The second-order valence-corrected chi connectivity index (χ2v) is 7.91. The topological polar surface area (TPSA) is 57.6 Å². The zero-order chi connectivity index (χ0) is 15.8. The van der Waals surface area contributed by atoms with Crippen molar-refractivity contribution in [1.29, 1.82) is 0 Å². The number of carbonyl (C=O) groups is 2. The molecule has 2 rings (SSSR count). The van der Waals surface area contributed by atoms with Crippen molar-refractivity contribution in [2.75, 3.05) is 13.1 Å². The third-order valence-electron chi connectivity index (χ3n) is 5.95. The van der Waals surface area contributed by atoms with E-state index in [0.29, 0.717) is 19.5 Å². The zero-order valence-electron chi connectivity index (χ0n) is 13.8. The Kier molecular flexibility index (Phi) is 4.36. The van der Waals surface area contributed by atoms with Crippen LogP contribution in [0.5, 0.6) is 0 Å². The summed E-state index contributed by atoms with van der Waals surface area (Å²) in [5, 5.41) is 9.61. The molecule has 1 aliphatic carbocycles. The van der Waals surface area contributed by atoms with Gasteiger partial charge in [-0.05, 0) is 30.6 Å². The average molecular weight is 295 g/mol. The summed E-state index contributed by atoms with van der Waals surface area (Å²) in [5.74, 6) is -0.464. The second kappa shape index (κ2) is 5.62. The smallest absolute Gasteiger partial charge is 0.311 e. The lowest BCUT2D eigenvalue weighted by atomic mass is 9.68. The highest BCUT2D eigenvalue weighted by Gasteiger charge is 2.50. The van der Waals surface area contributed by atoms with Gasteiger partial charge in [-0.15, -0.1) is 0 Å². The molecule has 1 saturated carbocycles. The van der Waals surface area contributed by atoms with Gasteiger partial charge in [0.15, 0.2) is 0 Å². The van der Waals surface area contributed by atoms with E-state index in [1.54, 1.807) is 0 Å². The molecule has 0 spiro atoms. The van der Waals surface area contributed by atoms with Crippen LogP contribution in [-0.2, 0) is 9.59 Å². The van der Waals surface area contributed by atoms with Crippen molar-refractivity contribution < 1.29 is 14.7 Å².